The maximum absolute atomic E-state index is 8.92. The summed E-state index contributed by atoms with van der Waals surface area (Å²) in [7, 11) is 0. The van der Waals surface area contributed by atoms with E-state index in [0.29, 0.717) is 6.04 Å². The molecule has 0 bridgehead atoms. The van der Waals surface area contributed by atoms with Crippen LogP contribution >= 0.6 is 0 Å². The van der Waals surface area contributed by atoms with Crippen LogP contribution < -0.4 is 11.3 Å². The summed E-state index contributed by atoms with van der Waals surface area (Å²) in [5, 5.41) is 8.92. The molecule has 1 unspecified atom stereocenters. The molecule has 0 saturated carbocycles. The molecule has 0 aliphatic carbocycles. The van der Waals surface area contributed by atoms with Crippen LogP contribution in [0, 0.1) is 0 Å². The summed E-state index contributed by atoms with van der Waals surface area (Å²) >= 11 is 0. The van der Waals surface area contributed by atoms with Crippen molar-refractivity contribution in [3.05, 3.63) is 24.0 Å². The zero-order chi connectivity index (χ0) is 12.8. The summed E-state index contributed by atoms with van der Waals surface area (Å²) < 4.78 is 0. The molecule has 100 valence electrons. The Morgan fingerprint density at radius 3 is 3.22 bits per heavy atom. The van der Waals surface area contributed by atoms with Crippen LogP contribution in [-0.4, -0.2) is 34.2 Å². The third-order valence-corrected chi connectivity index (χ3v) is 3.54. The number of hydrazine groups is 1. The normalized spacial score (nSPS) is 20.2. The highest BCUT2D eigenvalue weighted by atomic mass is 16.2. The number of rotatable bonds is 6. The number of hydrogen-bond acceptors (Lipinski definition) is 5. The molecule has 0 aromatic carbocycles. The molecule has 1 atom stereocenters. The van der Waals surface area contributed by atoms with E-state index in [1.165, 1.54) is 12.8 Å². The van der Waals surface area contributed by atoms with Crippen molar-refractivity contribution < 1.29 is 5.11 Å². The Balaban J connectivity index is 1.94. The lowest BCUT2D eigenvalue weighted by Gasteiger charge is -2.24. The van der Waals surface area contributed by atoms with Gasteiger partial charge in [-0.3, -0.25) is 15.7 Å². The van der Waals surface area contributed by atoms with E-state index in [2.05, 4.69) is 15.3 Å². The molecule has 0 radical (unpaired) electrons. The topological polar surface area (TPSA) is 74.4 Å². The van der Waals surface area contributed by atoms with E-state index >= 15 is 0 Å². The number of nitrogen functional groups attached to an aromatic ring is 1. The molecule has 5 nitrogen and oxygen atoms in total. The number of nitrogens with zero attached hydrogens (tertiary/aromatic N) is 2. The molecule has 1 fully saturated rings. The van der Waals surface area contributed by atoms with E-state index in [4.69, 9.17) is 10.9 Å². The van der Waals surface area contributed by atoms with Crippen molar-refractivity contribution in [2.24, 2.45) is 5.84 Å². The van der Waals surface area contributed by atoms with Gasteiger partial charge in [-0.15, -0.1) is 0 Å². The highest BCUT2D eigenvalue weighted by molar-refractivity contribution is 5.41. The van der Waals surface area contributed by atoms with Crippen molar-refractivity contribution in [1.82, 2.24) is 9.88 Å². The Hall–Kier alpha value is -1.17. The summed E-state index contributed by atoms with van der Waals surface area (Å²) in [5.41, 5.74) is 4.58. The van der Waals surface area contributed by atoms with Gasteiger partial charge in [0.2, 0.25) is 0 Å². The first-order valence-corrected chi connectivity index (χ1v) is 6.60. The quantitative estimate of drug-likeness (QED) is 0.521. The number of pyridine rings is 1. The van der Waals surface area contributed by atoms with E-state index in [1.54, 1.807) is 6.20 Å². The first-order valence-electron chi connectivity index (χ1n) is 6.60. The Morgan fingerprint density at radius 2 is 2.44 bits per heavy atom. The standard InChI is InChI=1S/C13H22N4O/c14-16-11-5-6-15-12(9-11)10-17-7-1-3-13(17)4-2-8-18/h5-6,9,13,18H,1-4,7-8,10,14H2,(H,15,16). The van der Waals surface area contributed by atoms with E-state index in [1.807, 2.05) is 12.1 Å². The molecule has 1 aromatic rings. The maximum Gasteiger partial charge on any atom is 0.0565 e. The van der Waals surface area contributed by atoms with Crippen molar-refractivity contribution in [3.8, 4) is 0 Å². The Labute approximate surface area is 108 Å². The molecule has 0 spiro atoms. The minimum absolute atomic E-state index is 0.287. The van der Waals surface area contributed by atoms with Crippen LogP contribution in [0.1, 0.15) is 31.4 Å². The molecule has 18 heavy (non-hydrogen) atoms. The summed E-state index contributed by atoms with van der Waals surface area (Å²) in [5.74, 6) is 5.40. The second kappa shape index (κ2) is 6.68. The van der Waals surface area contributed by atoms with Crippen LogP contribution in [0.25, 0.3) is 0 Å². The summed E-state index contributed by atoms with van der Waals surface area (Å²) in [6.07, 6.45) is 6.22. The fourth-order valence-electron chi connectivity index (χ4n) is 2.62. The van der Waals surface area contributed by atoms with Crippen LogP contribution in [0.2, 0.25) is 0 Å². The molecule has 1 aliphatic rings. The van der Waals surface area contributed by atoms with Crippen LogP contribution in [0.3, 0.4) is 0 Å². The first kappa shape index (κ1) is 13.3. The number of aromatic nitrogens is 1. The fraction of sp³-hybridized carbons (Fsp3) is 0.615. The smallest absolute Gasteiger partial charge is 0.0565 e. The lowest BCUT2D eigenvalue weighted by molar-refractivity contribution is 0.208. The number of nitrogens with one attached hydrogen (secondary N) is 1. The minimum atomic E-state index is 0.287. The van der Waals surface area contributed by atoms with Gasteiger partial charge in [0.15, 0.2) is 0 Å². The minimum Gasteiger partial charge on any atom is -0.396 e. The van der Waals surface area contributed by atoms with Crippen LogP contribution in [0.4, 0.5) is 5.69 Å². The molecule has 4 N–H and O–H groups in total. The van der Waals surface area contributed by atoms with Gasteiger partial charge in [-0.1, -0.05) is 0 Å². The third-order valence-electron chi connectivity index (χ3n) is 3.54. The molecule has 1 aliphatic heterocycles. The SMILES string of the molecule is NNc1ccnc(CN2CCCC2CCCO)c1. The van der Waals surface area contributed by atoms with E-state index in [9.17, 15) is 0 Å². The van der Waals surface area contributed by atoms with E-state index < -0.39 is 0 Å². The third kappa shape index (κ3) is 3.41. The van der Waals surface area contributed by atoms with Crippen molar-refractivity contribution in [2.75, 3.05) is 18.6 Å². The average molecular weight is 250 g/mol. The summed E-state index contributed by atoms with van der Waals surface area (Å²) in [6, 6.07) is 4.44. The highest BCUT2D eigenvalue weighted by Gasteiger charge is 2.24. The Morgan fingerprint density at radius 1 is 1.56 bits per heavy atom. The van der Waals surface area contributed by atoms with Crippen molar-refractivity contribution in [3.63, 3.8) is 0 Å². The predicted octanol–water partition coefficient (Wildman–Crippen LogP) is 1.10. The molecular weight excluding hydrogens is 228 g/mol. The van der Waals surface area contributed by atoms with Gasteiger partial charge < -0.3 is 10.5 Å². The molecule has 2 heterocycles. The monoisotopic (exact) mass is 250 g/mol. The number of aliphatic hydroxyl groups is 1. The van der Waals surface area contributed by atoms with Gasteiger partial charge >= 0.3 is 0 Å². The zero-order valence-corrected chi connectivity index (χ0v) is 10.7. The van der Waals surface area contributed by atoms with E-state index in [-0.39, 0.29) is 6.61 Å². The van der Waals surface area contributed by atoms with Crippen LogP contribution in [0.5, 0.6) is 0 Å². The lowest BCUT2D eigenvalue weighted by atomic mass is 10.1. The van der Waals surface area contributed by atoms with Crippen LogP contribution in [0.15, 0.2) is 18.3 Å². The molecule has 0 amide bonds. The van der Waals surface area contributed by atoms with Gasteiger partial charge in [-0.05, 0) is 44.4 Å². The number of anilines is 1. The molecule has 2 rings (SSSR count). The van der Waals surface area contributed by atoms with Crippen molar-refractivity contribution in [2.45, 2.75) is 38.3 Å². The van der Waals surface area contributed by atoms with Crippen molar-refractivity contribution in [1.29, 1.82) is 0 Å². The molecule has 1 aromatic heterocycles. The predicted molar refractivity (Wildman–Crippen MR) is 71.8 cm³/mol. The largest absolute Gasteiger partial charge is 0.396 e. The highest BCUT2D eigenvalue weighted by Crippen LogP contribution is 2.23. The summed E-state index contributed by atoms with van der Waals surface area (Å²) in [4.78, 5) is 6.84. The summed E-state index contributed by atoms with van der Waals surface area (Å²) in [6.45, 7) is 2.28. The van der Waals surface area contributed by atoms with Crippen molar-refractivity contribution >= 4 is 5.69 Å². The first-order chi connectivity index (χ1) is 8.83. The van der Waals surface area contributed by atoms with Gasteiger partial charge in [0.1, 0.15) is 0 Å². The zero-order valence-electron chi connectivity index (χ0n) is 10.7. The molecule has 1 saturated heterocycles. The Bertz CT molecular complexity index is 372. The molecular formula is C13H22N4O. The number of aliphatic hydroxyl groups excluding tert-OH is 1. The average Bonchev–Trinajstić information content (AvgIpc) is 2.84. The maximum atomic E-state index is 8.92. The van der Waals surface area contributed by atoms with Crippen LogP contribution in [-0.2, 0) is 6.54 Å². The second-order valence-corrected chi connectivity index (χ2v) is 4.81. The number of hydrogen-bond donors (Lipinski definition) is 3. The number of nitrogens with two attached hydrogens (primary N) is 1. The number of likely N-dealkylation sites (tertiary alicyclic amines) is 1. The second-order valence-electron chi connectivity index (χ2n) is 4.81. The van der Waals surface area contributed by atoms with E-state index in [0.717, 1.165) is 37.3 Å². The lowest BCUT2D eigenvalue weighted by Crippen LogP contribution is -2.29. The van der Waals surface area contributed by atoms with Gasteiger partial charge in [0.25, 0.3) is 0 Å². The van der Waals surface area contributed by atoms with Gasteiger partial charge in [0, 0.05) is 25.4 Å². The van der Waals surface area contributed by atoms with Gasteiger partial charge in [0.05, 0.1) is 11.4 Å². The fourth-order valence-corrected chi connectivity index (χ4v) is 2.62. The van der Waals surface area contributed by atoms with Gasteiger partial charge in [-0.25, -0.2) is 0 Å². The Kier molecular flexibility index (Phi) is 4.92. The van der Waals surface area contributed by atoms with Gasteiger partial charge in [-0.2, -0.15) is 0 Å². The molecule has 5 heteroatoms.